The Kier molecular flexibility index (Phi) is 1.85. The van der Waals surface area contributed by atoms with Crippen LogP contribution >= 0.6 is 0 Å². The molecule has 1 amide bonds. The lowest BCUT2D eigenvalue weighted by Crippen LogP contribution is -2.51. The highest BCUT2D eigenvalue weighted by Crippen LogP contribution is 2.44. The molecule has 12 heavy (non-hydrogen) atoms. The Morgan fingerprint density at radius 3 is 3.00 bits per heavy atom. The van der Waals surface area contributed by atoms with Gasteiger partial charge in [-0.25, -0.2) is 0 Å². The van der Waals surface area contributed by atoms with Gasteiger partial charge in [-0.15, -0.1) is 0 Å². The van der Waals surface area contributed by atoms with E-state index in [9.17, 15) is 4.79 Å². The van der Waals surface area contributed by atoms with Crippen LogP contribution in [0.15, 0.2) is 0 Å². The molecule has 2 atom stereocenters. The molecule has 1 N–H and O–H groups in total. The van der Waals surface area contributed by atoms with E-state index in [4.69, 9.17) is 0 Å². The van der Waals surface area contributed by atoms with Crippen LogP contribution in [0.1, 0.15) is 39.0 Å². The minimum absolute atomic E-state index is 0.0174. The first-order valence-corrected chi connectivity index (χ1v) is 5.02. The van der Waals surface area contributed by atoms with E-state index >= 15 is 0 Å². The molecule has 0 aromatic heterocycles. The van der Waals surface area contributed by atoms with Gasteiger partial charge in [-0.2, -0.15) is 0 Å². The number of rotatable bonds is 0. The molecule has 0 aromatic rings. The van der Waals surface area contributed by atoms with Crippen LogP contribution in [-0.2, 0) is 4.79 Å². The Morgan fingerprint density at radius 2 is 2.25 bits per heavy atom. The average Bonchev–Trinajstić information content (AvgIpc) is 2.07. The number of carbonyl (C=O) groups is 1. The minimum atomic E-state index is -0.0174. The summed E-state index contributed by atoms with van der Waals surface area (Å²) in [5.74, 6) is 0.971. The lowest BCUT2D eigenvalue weighted by molar-refractivity contribution is -0.138. The maximum Gasteiger partial charge on any atom is 0.226 e. The van der Waals surface area contributed by atoms with Crippen LogP contribution in [0.2, 0.25) is 0 Å². The van der Waals surface area contributed by atoms with E-state index in [0.29, 0.717) is 11.8 Å². The quantitative estimate of drug-likeness (QED) is 0.584. The molecule has 0 radical (unpaired) electrons. The van der Waals surface area contributed by atoms with Gasteiger partial charge in [-0.1, -0.05) is 19.8 Å². The van der Waals surface area contributed by atoms with Crippen molar-refractivity contribution in [3.05, 3.63) is 0 Å². The smallest absolute Gasteiger partial charge is 0.226 e. The fraction of sp³-hybridized carbons (Fsp3) is 0.900. The van der Waals surface area contributed by atoms with E-state index in [1.165, 1.54) is 25.7 Å². The van der Waals surface area contributed by atoms with Gasteiger partial charge < -0.3 is 5.32 Å². The monoisotopic (exact) mass is 167 g/mol. The van der Waals surface area contributed by atoms with Crippen LogP contribution in [0.3, 0.4) is 0 Å². The third-order valence-corrected chi connectivity index (χ3v) is 3.70. The van der Waals surface area contributed by atoms with Crippen molar-refractivity contribution >= 4 is 5.91 Å². The van der Waals surface area contributed by atoms with Crippen molar-refractivity contribution in [1.82, 2.24) is 5.32 Å². The molecule has 1 saturated carbocycles. The molecule has 0 aromatic carbocycles. The van der Waals surface area contributed by atoms with Gasteiger partial charge in [-0.05, 0) is 25.2 Å². The van der Waals surface area contributed by atoms with Crippen LogP contribution in [0.4, 0.5) is 0 Å². The summed E-state index contributed by atoms with van der Waals surface area (Å²) >= 11 is 0. The van der Waals surface area contributed by atoms with E-state index < -0.39 is 0 Å². The molecular formula is C10H17NO. The molecule has 0 spiro atoms. The van der Waals surface area contributed by atoms with Crippen molar-refractivity contribution < 1.29 is 4.79 Å². The Balaban J connectivity index is 2.20. The number of piperidine rings is 1. The standard InChI is InChI=1S/C10H17NO/c1-10-6-3-2-4-8(10)5-7-11-9(10)12/h8H,2-7H2,1H3,(H,11,12)/t8-,10-/m0/s1. The van der Waals surface area contributed by atoms with E-state index in [0.717, 1.165) is 13.0 Å². The van der Waals surface area contributed by atoms with Crippen LogP contribution < -0.4 is 5.32 Å². The second-order valence-electron chi connectivity index (χ2n) is 4.40. The molecule has 2 rings (SSSR count). The normalized spacial score (nSPS) is 41.8. The molecule has 1 heterocycles. The fourth-order valence-corrected chi connectivity index (χ4v) is 2.73. The molecule has 68 valence electrons. The second-order valence-corrected chi connectivity index (χ2v) is 4.40. The molecular weight excluding hydrogens is 150 g/mol. The zero-order chi connectivity index (χ0) is 8.60. The molecule has 0 bridgehead atoms. The largest absolute Gasteiger partial charge is 0.356 e. The summed E-state index contributed by atoms with van der Waals surface area (Å²) in [5, 5.41) is 2.98. The van der Waals surface area contributed by atoms with Crippen LogP contribution in [-0.4, -0.2) is 12.5 Å². The molecule has 1 aliphatic heterocycles. The third-order valence-electron chi connectivity index (χ3n) is 3.70. The van der Waals surface area contributed by atoms with E-state index in [1.54, 1.807) is 0 Å². The molecule has 0 unspecified atom stereocenters. The van der Waals surface area contributed by atoms with Crippen LogP contribution in [0.5, 0.6) is 0 Å². The van der Waals surface area contributed by atoms with Gasteiger partial charge in [0.1, 0.15) is 0 Å². The number of hydrogen-bond donors (Lipinski definition) is 1. The number of nitrogens with one attached hydrogen (secondary N) is 1. The lowest BCUT2D eigenvalue weighted by atomic mass is 9.64. The Bertz CT molecular complexity index is 200. The molecule has 1 saturated heterocycles. The maximum absolute atomic E-state index is 11.6. The minimum Gasteiger partial charge on any atom is -0.356 e. The number of amides is 1. The second kappa shape index (κ2) is 2.75. The van der Waals surface area contributed by atoms with E-state index in [2.05, 4.69) is 12.2 Å². The maximum atomic E-state index is 11.6. The number of fused-ring (bicyclic) bond motifs is 1. The fourth-order valence-electron chi connectivity index (χ4n) is 2.73. The highest BCUT2D eigenvalue weighted by molar-refractivity contribution is 5.83. The summed E-state index contributed by atoms with van der Waals surface area (Å²) in [5.41, 5.74) is -0.0174. The predicted molar refractivity (Wildman–Crippen MR) is 47.7 cm³/mol. The topological polar surface area (TPSA) is 29.1 Å². The summed E-state index contributed by atoms with van der Waals surface area (Å²) in [6.07, 6.45) is 6.13. The Morgan fingerprint density at radius 1 is 1.42 bits per heavy atom. The van der Waals surface area contributed by atoms with Gasteiger partial charge in [0.15, 0.2) is 0 Å². The first kappa shape index (κ1) is 8.09. The van der Waals surface area contributed by atoms with Crippen molar-refractivity contribution in [2.75, 3.05) is 6.54 Å². The Labute approximate surface area is 73.7 Å². The van der Waals surface area contributed by atoms with Crippen molar-refractivity contribution in [2.24, 2.45) is 11.3 Å². The molecule has 1 aliphatic carbocycles. The zero-order valence-electron chi connectivity index (χ0n) is 7.73. The third kappa shape index (κ3) is 1.05. The van der Waals surface area contributed by atoms with Gasteiger partial charge in [0.05, 0.1) is 0 Å². The van der Waals surface area contributed by atoms with Gasteiger partial charge in [0.2, 0.25) is 5.91 Å². The van der Waals surface area contributed by atoms with Crippen molar-refractivity contribution in [2.45, 2.75) is 39.0 Å². The molecule has 2 fully saturated rings. The molecule has 2 aliphatic rings. The van der Waals surface area contributed by atoms with Crippen LogP contribution in [0.25, 0.3) is 0 Å². The zero-order valence-corrected chi connectivity index (χ0v) is 7.73. The van der Waals surface area contributed by atoms with Gasteiger partial charge in [-0.3, -0.25) is 4.79 Å². The molecule has 2 nitrogen and oxygen atoms in total. The molecule has 2 heteroatoms. The summed E-state index contributed by atoms with van der Waals surface area (Å²) in [7, 11) is 0. The van der Waals surface area contributed by atoms with E-state index in [1.807, 2.05) is 0 Å². The van der Waals surface area contributed by atoms with Gasteiger partial charge in [0.25, 0.3) is 0 Å². The summed E-state index contributed by atoms with van der Waals surface area (Å²) in [6.45, 7) is 3.05. The SMILES string of the molecule is C[C@]12CCCC[C@H]1CCNC2=O. The number of carbonyl (C=O) groups excluding carboxylic acids is 1. The lowest BCUT2D eigenvalue weighted by Gasteiger charge is -2.43. The highest BCUT2D eigenvalue weighted by atomic mass is 16.2. The van der Waals surface area contributed by atoms with E-state index in [-0.39, 0.29) is 5.41 Å². The summed E-state index contributed by atoms with van der Waals surface area (Å²) < 4.78 is 0. The highest BCUT2D eigenvalue weighted by Gasteiger charge is 2.44. The van der Waals surface area contributed by atoms with Crippen LogP contribution in [0, 0.1) is 11.3 Å². The van der Waals surface area contributed by atoms with Gasteiger partial charge in [0, 0.05) is 12.0 Å². The Hall–Kier alpha value is -0.530. The number of hydrogen-bond acceptors (Lipinski definition) is 1. The summed E-state index contributed by atoms with van der Waals surface area (Å²) in [4.78, 5) is 11.6. The van der Waals surface area contributed by atoms with Crippen molar-refractivity contribution in [3.8, 4) is 0 Å². The van der Waals surface area contributed by atoms with Gasteiger partial charge >= 0.3 is 0 Å². The van der Waals surface area contributed by atoms with Crippen molar-refractivity contribution in [1.29, 1.82) is 0 Å². The van der Waals surface area contributed by atoms with Crippen molar-refractivity contribution in [3.63, 3.8) is 0 Å². The first-order chi connectivity index (χ1) is 5.73. The summed E-state index contributed by atoms with van der Waals surface area (Å²) in [6, 6.07) is 0. The average molecular weight is 167 g/mol. The first-order valence-electron chi connectivity index (χ1n) is 5.02. The predicted octanol–water partition coefficient (Wildman–Crippen LogP) is 1.70.